The van der Waals surface area contributed by atoms with Crippen LogP contribution < -0.4 is 27.0 Å². The van der Waals surface area contributed by atoms with Crippen LogP contribution in [0.3, 0.4) is 0 Å². The van der Waals surface area contributed by atoms with Crippen molar-refractivity contribution >= 4 is 58.2 Å². The van der Waals surface area contributed by atoms with E-state index in [-0.39, 0.29) is 17.5 Å². The fourth-order valence-electron chi connectivity index (χ4n) is 3.85. The van der Waals surface area contributed by atoms with Crippen molar-refractivity contribution in [1.29, 1.82) is 0 Å². The third kappa shape index (κ3) is 8.02. The van der Waals surface area contributed by atoms with Crippen LogP contribution in [0.1, 0.15) is 0 Å². The van der Waals surface area contributed by atoms with Crippen LogP contribution in [0.5, 0.6) is 0 Å². The highest BCUT2D eigenvalue weighted by Crippen LogP contribution is 2.34. The SMILES string of the molecule is Nc1nc(NCCNc2ncc(NC(=O)NCCN3CCOCC3)c(-c3ccc(Cl)cc3Cl)n2)ccc1[N+](=O)[O-]. The first-order chi connectivity index (χ1) is 19.3. The van der Waals surface area contributed by atoms with E-state index in [2.05, 4.69) is 41.1 Å². The molecule has 4 rings (SSSR count). The molecule has 14 nitrogen and oxygen atoms in total. The van der Waals surface area contributed by atoms with Gasteiger partial charge in [-0.05, 0) is 24.3 Å². The maximum Gasteiger partial charge on any atom is 0.319 e. The Hall–Kier alpha value is -3.98. The number of ether oxygens (including phenoxy) is 1. The number of carbonyl (C=O) groups excluding carboxylic acids is 1. The molecule has 40 heavy (non-hydrogen) atoms. The van der Waals surface area contributed by atoms with Crippen molar-refractivity contribution in [2.24, 2.45) is 0 Å². The number of benzene rings is 1. The fraction of sp³-hybridized carbons (Fsp3) is 0.333. The van der Waals surface area contributed by atoms with Crippen LogP contribution in [0, 0.1) is 10.1 Å². The van der Waals surface area contributed by atoms with E-state index in [0.29, 0.717) is 72.2 Å². The smallest absolute Gasteiger partial charge is 0.319 e. The molecule has 3 heterocycles. The van der Waals surface area contributed by atoms with Gasteiger partial charge in [0.1, 0.15) is 11.5 Å². The van der Waals surface area contributed by atoms with Crippen molar-refractivity contribution in [3.05, 3.63) is 56.7 Å². The van der Waals surface area contributed by atoms with Gasteiger partial charge in [-0.3, -0.25) is 15.0 Å². The Balaban J connectivity index is 1.39. The first-order valence-electron chi connectivity index (χ1n) is 12.4. The van der Waals surface area contributed by atoms with Crippen LogP contribution in [0.25, 0.3) is 11.3 Å². The number of amides is 2. The van der Waals surface area contributed by atoms with Gasteiger partial charge in [0.2, 0.25) is 11.8 Å². The fourth-order valence-corrected chi connectivity index (χ4v) is 4.35. The molecule has 2 amide bonds. The Bertz CT molecular complexity index is 1360. The lowest BCUT2D eigenvalue weighted by Crippen LogP contribution is -2.42. The number of aromatic nitrogens is 3. The zero-order valence-corrected chi connectivity index (χ0v) is 22.8. The molecule has 1 aliphatic heterocycles. The van der Waals surface area contributed by atoms with Gasteiger partial charge in [0, 0.05) is 55.9 Å². The molecule has 6 N–H and O–H groups in total. The average molecular weight is 591 g/mol. The van der Waals surface area contributed by atoms with Crippen LogP contribution >= 0.6 is 23.2 Å². The predicted octanol–water partition coefficient (Wildman–Crippen LogP) is 3.31. The monoisotopic (exact) mass is 590 g/mol. The lowest BCUT2D eigenvalue weighted by Gasteiger charge is -2.26. The van der Waals surface area contributed by atoms with Gasteiger partial charge in [0.15, 0.2) is 0 Å². The molecule has 1 saturated heterocycles. The standard InChI is InChI=1S/C24H28Cl2N10O4/c25-15-1-2-16(17(26)13-15)21-18(32-24(37)30-7-8-35-9-11-40-12-10-35)14-31-23(34-21)29-6-5-28-20-4-3-19(36(38)39)22(27)33-20/h1-4,13-14H,5-12H2,(H3,27,28,33)(H,29,31,34)(H2,30,32,37). The number of morpholine rings is 1. The number of nitrogens with zero attached hydrogens (tertiary/aromatic N) is 5. The largest absolute Gasteiger partial charge is 0.379 e. The zero-order valence-electron chi connectivity index (χ0n) is 21.3. The number of anilines is 4. The summed E-state index contributed by atoms with van der Waals surface area (Å²) in [5, 5.41) is 23.5. The molecule has 0 bridgehead atoms. The Morgan fingerprint density at radius 3 is 2.60 bits per heavy atom. The molecule has 16 heteroatoms. The minimum atomic E-state index is -0.594. The third-order valence-corrected chi connectivity index (χ3v) is 6.40. The van der Waals surface area contributed by atoms with Crippen molar-refractivity contribution < 1.29 is 14.5 Å². The Morgan fingerprint density at radius 1 is 1.10 bits per heavy atom. The number of rotatable bonds is 11. The van der Waals surface area contributed by atoms with Crippen molar-refractivity contribution in [2.45, 2.75) is 0 Å². The maximum absolute atomic E-state index is 12.6. The van der Waals surface area contributed by atoms with E-state index in [1.807, 2.05) is 0 Å². The van der Waals surface area contributed by atoms with Gasteiger partial charge in [-0.1, -0.05) is 23.2 Å². The van der Waals surface area contributed by atoms with Gasteiger partial charge >= 0.3 is 11.7 Å². The number of hydrogen-bond donors (Lipinski definition) is 5. The highest BCUT2D eigenvalue weighted by atomic mass is 35.5. The second-order valence-electron chi connectivity index (χ2n) is 8.63. The molecule has 212 valence electrons. The molecule has 3 aromatic rings. The minimum absolute atomic E-state index is 0.177. The van der Waals surface area contributed by atoms with Crippen LogP contribution in [0.15, 0.2) is 36.5 Å². The summed E-state index contributed by atoms with van der Waals surface area (Å²) in [5.41, 5.74) is 6.70. The molecule has 0 atom stereocenters. The van der Waals surface area contributed by atoms with Crippen LogP contribution in [-0.4, -0.2) is 83.3 Å². The van der Waals surface area contributed by atoms with E-state index in [0.717, 1.165) is 13.1 Å². The van der Waals surface area contributed by atoms with E-state index in [1.165, 1.54) is 18.3 Å². The highest BCUT2D eigenvalue weighted by molar-refractivity contribution is 6.36. The number of urea groups is 1. The number of nitrogen functional groups attached to an aromatic ring is 1. The van der Waals surface area contributed by atoms with Crippen LogP contribution in [0.2, 0.25) is 10.0 Å². The average Bonchev–Trinajstić information content (AvgIpc) is 2.92. The number of nitro groups is 1. The first kappa shape index (κ1) is 29.0. The molecule has 0 aliphatic carbocycles. The highest BCUT2D eigenvalue weighted by Gasteiger charge is 2.17. The van der Waals surface area contributed by atoms with Crippen molar-refractivity contribution in [1.82, 2.24) is 25.2 Å². The summed E-state index contributed by atoms with van der Waals surface area (Å²) in [6, 6.07) is 7.34. The summed E-state index contributed by atoms with van der Waals surface area (Å²) >= 11 is 12.5. The van der Waals surface area contributed by atoms with Gasteiger partial charge in [0.05, 0.1) is 35.0 Å². The molecule has 0 radical (unpaired) electrons. The summed E-state index contributed by atoms with van der Waals surface area (Å²) in [5.74, 6) is 0.500. The minimum Gasteiger partial charge on any atom is -0.379 e. The quantitative estimate of drug-likeness (QED) is 0.125. The number of pyridine rings is 1. The van der Waals surface area contributed by atoms with Gasteiger partial charge in [-0.2, -0.15) is 0 Å². The molecular formula is C24H28Cl2N10O4. The van der Waals surface area contributed by atoms with E-state index < -0.39 is 11.0 Å². The van der Waals surface area contributed by atoms with Gasteiger partial charge in [-0.25, -0.2) is 19.7 Å². The Labute approximate surface area is 239 Å². The number of nitrogens with two attached hydrogens (primary N) is 1. The van der Waals surface area contributed by atoms with Crippen molar-refractivity contribution in [3.63, 3.8) is 0 Å². The molecule has 1 aliphatic rings. The van der Waals surface area contributed by atoms with Crippen LogP contribution in [0.4, 0.5) is 33.8 Å². The number of carbonyl (C=O) groups is 1. The van der Waals surface area contributed by atoms with Gasteiger partial charge in [-0.15, -0.1) is 0 Å². The summed E-state index contributed by atoms with van der Waals surface area (Å²) in [6.07, 6.45) is 1.49. The number of nitrogens with one attached hydrogen (secondary N) is 4. The van der Waals surface area contributed by atoms with Gasteiger partial charge in [0.25, 0.3) is 0 Å². The predicted molar refractivity (Wildman–Crippen MR) is 154 cm³/mol. The zero-order chi connectivity index (χ0) is 28.5. The molecule has 0 saturated carbocycles. The topological polar surface area (TPSA) is 185 Å². The lowest BCUT2D eigenvalue weighted by atomic mass is 10.1. The molecule has 0 unspecified atom stereocenters. The lowest BCUT2D eigenvalue weighted by molar-refractivity contribution is -0.384. The Kier molecular flexibility index (Phi) is 10.1. The second-order valence-corrected chi connectivity index (χ2v) is 9.47. The second kappa shape index (κ2) is 13.9. The number of hydrogen-bond acceptors (Lipinski definition) is 11. The summed E-state index contributed by atoms with van der Waals surface area (Å²) in [6.45, 7) is 4.98. The summed E-state index contributed by atoms with van der Waals surface area (Å²) in [4.78, 5) is 38.0. The van der Waals surface area contributed by atoms with E-state index >= 15 is 0 Å². The number of halogens is 2. The molecule has 1 fully saturated rings. The summed E-state index contributed by atoms with van der Waals surface area (Å²) in [7, 11) is 0. The third-order valence-electron chi connectivity index (χ3n) is 5.85. The van der Waals surface area contributed by atoms with E-state index in [4.69, 9.17) is 33.7 Å². The van der Waals surface area contributed by atoms with Gasteiger partial charge < -0.3 is 31.7 Å². The molecule has 1 aromatic carbocycles. The van der Waals surface area contributed by atoms with Crippen molar-refractivity contribution in [2.75, 3.05) is 74.2 Å². The molecule has 2 aromatic heterocycles. The molecular weight excluding hydrogens is 563 g/mol. The molecule has 0 spiro atoms. The normalized spacial score (nSPS) is 13.4. The van der Waals surface area contributed by atoms with Crippen molar-refractivity contribution in [3.8, 4) is 11.3 Å². The van der Waals surface area contributed by atoms with Crippen LogP contribution in [-0.2, 0) is 4.74 Å². The Morgan fingerprint density at radius 2 is 1.88 bits per heavy atom. The van der Waals surface area contributed by atoms with E-state index in [1.54, 1.807) is 18.2 Å². The first-order valence-corrected chi connectivity index (χ1v) is 13.1. The van der Waals surface area contributed by atoms with E-state index in [9.17, 15) is 14.9 Å². The maximum atomic E-state index is 12.6. The summed E-state index contributed by atoms with van der Waals surface area (Å²) < 4.78 is 5.34.